The number of hydrogen-bond acceptors (Lipinski definition) is 4. The molecule has 0 aliphatic heterocycles. The highest BCUT2D eigenvalue weighted by Crippen LogP contribution is 2.20. The maximum atomic E-state index is 11.1. The summed E-state index contributed by atoms with van der Waals surface area (Å²) in [6.07, 6.45) is 1.66. The van der Waals surface area contributed by atoms with Gasteiger partial charge in [-0.1, -0.05) is 24.6 Å². The van der Waals surface area contributed by atoms with Gasteiger partial charge in [0, 0.05) is 17.7 Å². The first kappa shape index (κ1) is 13.3. The Morgan fingerprint density at radius 3 is 3.06 bits per heavy atom. The van der Waals surface area contributed by atoms with E-state index in [2.05, 4.69) is 9.72 Å². The molecule has 0 aliphatic rings. The van der Waals surface area contributed by atoms with Gasteiger partial charge in [0.05, 0.1) is 13.0 Å². The molecule has 1 aromatic heterocycles. The van der Waals surface area contributed by atoms with Crippen molar-refractivity contribution in [2.45, 2.75) is 12.7 Å². The molecule has 0 amide bonds. The lowest BCUT2D eigenvalue weighted by molar-refractivity contribution is -0.143. The number of carbonyl (C=O) groups excluding carboxylic acids is 1. The van der Waals surface area contributed by atoms with Gasteiger partial charge >= 0.3 is 5.97 Å². The third-order valence-electron chi connectivity index (χ3n) is 2.07. The lowest BCUT2D eigenvalue weighted by atomic mass is 10.2. The minimum absolute atomic E-state index is 0.0922. The SMILES string of the molecule is COC(=O)C(C)CSCc1cccnc1Cl. The Kier molecular flexibility index (Phi) is 5.63. The van der Waals surface area contributed by atoms with Gasteiger partial charge in [0.25, 0.3) is 0 Å². The number of halogens is 1. The molecule has 16 heavy (non-hydrogen) atoms. The number of carbonyl (C=O) groups is 1. The summed E-state index contributed by atoms with van der Waals surface area (Å²) in [6, 6.07) is 3.79. The van der Waals surface area contributed by atoms with Gasteiger partial charge in [-0.15, -0.1) is 0 Å². The zero-order valence-corrected chi connectivity index (χ0v) is 10.8. The Morgan fingerprint density at radius 2 is 2.44 bits per heavy atom. The Balaban J connectivity index is 2.36. The molecule has 0 spiro atoms. The average Bonchev–Trinajstić information content (AvgIpc) is 2.30. The maximum absolute atomic E-state index is 11.1. The van der Waals surface area contributed by atoms with Crippen LogP contribution in [0.15, 0.2) is 18.3 Å². The molecule has 0 saturated heterocycles. The zero-order valence-electron chi connectivity index (χ0n) is 9.27. The predicted molar refractivity (Wildman–Crippen MR) is 66.6 cm³/mol. The van der Waals surface area contributed by atoms with Gasteiger partial charge in [-0.25, -0.2) is 4.98 Å². The fraction of sp³-hybridized carbons (Fsp3) is 0.455. The molecule has 1 heterocycles. The first-order valence-corrected chi connectivity index (χ1v) is 6.43. The lowest BCUT2D eigenvalue weighted by Crippen LogP contribution is -2.14. The molecule has 0 aromatic carbocycles. The van der Waals surface area contributed by atoms with Crippen molar-refractivity contribution in [3.8, 4) is 0 Å². The summed E-state index contributed by atoms with van der Waals surface area (Å²) >= 11 is 7.56. The molecule has 5 heteroatoms. The third kappa shape index (κ3) is 4.02. The molecule has 3 nitrogen and oxygen atoms in total. The van der Waals surface area contributed by atoms with Crippen molar-refractivity contribution in [3.63, 3.8) is 0 Å². The number of hydrogen-bond donors (Lipinski definition) is 0. The molecule has 0 bridgehead atoms. The second kappa shape index (κ2) is 6.76. The second-order valence-corrected chi connectivity index (χ2v) is 4.78. The van der Waals surface area contributed by atoms with E-state index < -0.39 is 0 Å². The van der Waals surface area contributed by atoms with Crippen LogP contribution in [0.2, 0.25) is 5.15 Å². The van der Waals surface area contributed by atoms with E-state index in [1.807, 2.05) is 19.1 Å². The quantitative estimate of drug-likeness (QED) is 0.602. The number of methoxy groups -OCH3 is 1. The van der Waals surface area contributed by atoms with Crippen LogP contribution in [0.4, 0.5) is 0 Å². The van der Waals surface area contributed by atoms with Crippen molar-refractivity contribution in [1.82, 2.24) is 4.98 Å². The Hall–Kier alpha value is -0.740. The number of rotatable bonds is 5. The first-order valence-electron chi connectivity index (χ1n) is 4.90. The van der Waals surface area contributed by atoms with E-state index in [0.29, 0.717) is 5.15 Å². The van der Waals surface area contributed by atoms with Crippen molar-refractivity contribution in [2.75, 3.05) is 12.9 Å². The summed E-state index contributed by atoms with van der Waals surface area (Å²) in [5.41, 5.74) is 0.992. The summed E-state index contributed by atoms with van der Waals surface area (Å²) < 4.78 is 4.65. The fourth-order valence-electron chi connectivity index (χ4n) is 1.14. The van der Waals surface area contributed by atoms with Crippen LogP contribution in [0.25, 0.3) is 0 Å². The minimum Gasteiger partial charge on any atom is -0.469 e. The maximum Gasteiger partial charge on any atom is 0.309 e. The number of pyridine rings is 1. The summed E-state index contributed by atoms with van der Waals surface area (Å²) in [6.45, 7) is 1.85. The van der Waals surface area contributed by atoms with E-state index in [1.165, 1.54) is 7.11 Å². The molecule has 0 N–H and O–H groups in total. The highest BCUT2D eigenvalue weighted by atomic mass is 35.5. The first-order chi connectivity index (χ1) is 7.65. The Bertz CT molecular complexity index is 360. The van der Waals surface area contributed by atoms with Crippen molar-refractivity contribution < 1.29 is 9.53 Å². The minimum atomic E-state index is -0.176. The number of aromatic nitrogens is 1. The summed E-state index contributed by atoms with van der Waals surface area (Å²) in [5, 5.41) is 0.528. The van der Waals surface area contributed by atoms with Crippen molar-refractivity contribution in [3.05, 3.63) is 29.0 Å². The molecule has 1 aromatic rings. The molecule has 0 radical (unpaired) electrons. The Labute approximate surface area is 105 Å². The number of ether oxygens (including phenoxy) is 1. The fourth-order valence-corrected chi connectivity index (χ4v) is 2.47. The van der Waals surface area contributed by atoms with E-state index in [9.17, 15) is 4.79 Å². The highest BCUT2D eigenvalue weighted by Gasteiger charge is 2.13. The van der Waals surface area contributed by atoms with Gasteiger partial charge in [-0.05, 0) is 11.6 Å². The number of thioether (sulfide) groups is 1. The van der Waals surface area contributed by atoms with Crippen LogP contribution in [-0.2, 0) is 15.3 Å². The van der Waals surface area contributed by atoms with Crippen LogP contribution in [-0.4, -0.2) is 23.8 Å². The van der Waals surface area contributed by atoms with E-state index in [0.717, 1.165) is 17.1 Å². The molecule has 0 saturated carbocycles. The molecule has 88 valence electrons. The largest absolute Gasteiger partial charge is 0.469 e. The monoisotopic (exact) mass is 259 g/mol. The topological polar surface area (TPSA) is 39.2 Å². The van der Waals surface area contributed by atoms with E-state index in [4.69, 9.17) is 11.6 Å². The summed E-state index contributed by atoms with van der Waals surface area (Å²) in [5.74, 6) is 1.21. The van der Waals surface area contributed by atoms with Crippen LogP contribution in [0.3, 0.4) is 0 Å². The van der Waals surface area contributed by atoms with Crippen molar-refractivity contribution in [2.24, 2.45) is 5.92 Å². The third-order valence-corrected chi connectivity index (χ3v) is 3.66. The van der Waals surface area contributed by atoms with Gasteiger partial charge in [0.2, 0.25) is 0 Å². The molecule has 0 fully saturated rings. The Morgan fingerprint density at radius 1 is 1.69 bits per heavy atom. The average molecular weight is 260 g/mol. The van der Waals surface area contributed by atoms with E-state index in [-0.39, 0.29) is 11.9 Å². The smallest absolute Gasteiger partial charge is 0.309 e. The predicted octanol–water partition coefficient (Wildman–Crippen LogP) is 2.78. The van der Waals surface area contributed by atoms with Crippen molar-refractivity contribution >= 4 is 29.3 Å². The van der Waals surface area contributed by atoms with Crippen LogP contribution < -0.4 is 0 Å². The molecule has 0 aliphatic carbocycles. The molecular weight excluding hydrogens is 246 g/mol. The van der Waals surface area contributed by atoms with E-state index >= 15 is 0 Å². The summed E-state index contributed by atoms with van der Waals surface area (Å²) in [4.78, 5) is 15.1. The van der Waals surface area contributed by atoms with Gasteiger partial charge in [-0.2, -0.15) is 11.8 Å². The number of esters is 1. The molecule has 1 rings (SSSR count). The lowest BCUT2D eigenvalue weighted by Gasteiger charge is -2.08. The highest BCUT2D eigenvalue weighted by molar-refractivity contribution is 7.98. The standard InChI is InChI=1S/C11H14ClNO2S/c1-8(11(14)15-2)6-16-7-9-4-3-5-13-10(9)12/h3-5,8H,6-7H2,1-2H3. The second-order valence-electron chi connectivity index (χ2n) is 3.39. The molecular formula is C11H14ClNO2S. The molecule has 1 atom stereocenters. The van der Waals surface area contributed by atoms with Crippen LogP contribution >= 0.6 is 23.4 Å². The molecule has 1 unspecified atom stereocenters. The van der Waals surface area contributed by atoms with Gasteiger partial charge < -0.3 is 4.74 Å². The zero-order chi connectivity index (χ0) is 12.0. The van der Waals surface area contributed by atoms with Crippen LogP contribution in [0.5, 0.6) is 0 Å². The number of nitrogens with zero attached hydrogens (tertiary/aromatic N) is 1. The van der Waals surface area contributed by atoms with Crippen LogP contribution in [0, 0.1) is 5.92 Å². The van der Waals surface area contributed by atoms with Gasteiger partial charge in [0.15, 0.2) is 0 Å². The van der Waals surface area contributed by atoms with Gasteiger partial charge in [0.1, 0.15) is 5.15 Å². The normalized spacial score (nSPS) is 12.2. The van der Waals surface area contributed by atoms with E-state index in [1.54, 1.807) is 18.0 Å². The van der Waals surface area contributed by atoms with Crippen LogP contribution in [0.1, 0.15) is 12.5 Å². The van der Waals surface area contributed by atoms with Crippen molar-refractivity contribution in [1.29, 1.82) is 0 Å². The van der Waals surface area contributed by atoms with Gasteiger partial charge in [-0.3, -0.25) is 4.79 Å². The summed E-state index contributed by atoms with van der Waals surface area (Å²) in [7, 11) is 1.40.